The SMILES string of the molecule is COc1cc(OCc2cc(C(=O)O)oc2C)ccc1-c1ccccc1. The fourth-order valence-electron chi connectivity index (χ4n) is 2.55. The zero-order valence-corrected chi connectivity index (χ0v) is 14.0. The van der Waals surface area contributed by atoms with Crippen molar-refractivity contribution in [2.24, 2.45) is 0 Å². The number of methoxy groups -OCH3 is 1. The first kappa shape index (κ1) is 16.6. The lowest BCUT2D eigenvalue weighted by atomic mass is 10.0. The van der Waals surface area contributed by atoms with Crippen LogP contribution >= 0.6 is 0 Å². The molecule has 1 aromatic heterocycles. The Morgan fingerprint density at radius 1 is 1.12 bits per heavy atom. The average Bonchev–Trinajstić information content (AvgIpc) is 3.01. The summed E-state index contributed by atoms with van der Waals surface area (Å²) in [4.78, 5) is 10.9. The van der Waals surface area contributed by atoms with Gasteiger partial charge in [0, 0.05) is 17.2 Å². The fourth-order valence-corrected chi connectivity index (χ4v) is 2.55. The van der Waals surface area contributed by atoms with Crippen LogP contribution in [0.15, 0.2) is 59.0 Å². The molecule has 5 heteroatoms. The number of furan rings is 1. The second kappa shape index (κ2) is 7.13. The second-order valence-electron chi connectivity index (χ2n) is 5.51. The molecule has 0 bridgehead atoms. The van der Waals surface area contributed by atoms with Crippen LogP contribution < -0.4 is 9.47 Å². The molecule has 1 heterocycles. The van der Waals surface area contributed by atoms with Crippen molar-refractivity contribution in [3.8, 4) is 22.6 Å². The molecule has 2 aromatic carbocycles. The summed E-state index contributed by atoms with van der Waals surface area (Å²) in [6, 6.07) is 17.0. The summed E-state index contributed by atoms with van der Waals surface area (Å²) in [5.74, 6) is 0.689. The Balaban J connectivity index is 1.79. The Morgan fingerprint density at radius 3 is 2.52 bits per heavy atom. The van der Waals surface area contributed by atoms with Crippen LogP contribution in [0, 0.1) is 6.92 Å². The highest BCUT2D eigenvalue weighted by Crippen LogP contribution is 2.33. The highest BCUT2D eigenvalue weighted by atomic mass is 16.5. The molecule has 0 radical (unpaired) electrons. The van der Waals surface area contributed by atoms with Crippen LogP contribution in [-0.4, -0.2) is 18.2 Å². The number of hydrogen-bond donors (Lipinski definition) is 1. The Hall–Kier alpha value is -3.21. The minimum absolute atomic E-state index is 0.0897. The van der Waals surface area contributed by atoms with Gasteiger partial charge in [0.15, 0.2) is 0 Å². The van der Waals surface area contributed by atoms with E-state index in [1.54, 1.807) is 14.0 Å². The highest BCUT2D eigenvalue weighted by Gasteiger charge is 2.14. The number of rotatable bonds is 6. The van der Waals surface area contributed by atoms with Gasteiger partial charge < -0.3 is 19.0 Å². The van der Waals surface area contributed by atoms with E-state index >= 15 is 0 Å². The molecule has 0 aliphatic carbocycles. The molecule has 0 saturated heterocycles. The average molecular weight is 338 g/mol. The molecule has 0 aliphatic heterocycles. The van der Waals surface area contributed by atoms with E-state index in [9.17, 15) is 4.79 Å². The van der Waals surface area contributed by atoms with Crippen LogP contribution in [-0.2, 0) is 6.61 Å². The number of carboxylic acids is 1. The third kappa shape index (κ3) is 3.66. The second-order valence-corrected chi connectivity index (χ2v) is 5.51. The molecule has 5 nitrogen and oxygen atoms in total. The van der Waals surface area contributed by atoms with E-state index in [2.05, 4.69) is 0 Å². The van der Waals surface area contributed by atoms with Gasteiger partial charge in [-0.3, -0.25) is 0 Å². The van der Waals surface area contributed by atoms with E-state index < -0.39 is 5.97 Å². The Bertz CT molecular complexity index is 880. The molecular formula is C20H18O5. The van der Waals surface area contributed by atoms with Crippen molar-refractivity contribution < 1.29 is 23.8 Å². The van der Waals surface area contributed by atoms with Crippen molar-refractivity contribution in [1.82, 2.24) is 0 Å². The lowest BCUT2D eigenvalue weighted by molar-refractivity contribution is 0.0661. The molecule has 3 aromatic rings. The summed E-state index contributed by atoms with van der Waals surface area (Å²) in [6.07, 6.45) is 0. The predicted octanol–water partition coefficient (Wildman–Crippen LogP) is 4.54. The molecular weight excluding hydrogens is 320 g/mol. The smallest absolute Gasteiger partial charge is 0.371 e. The number of benzene rings is 2. The van der Waals surface area contributed by atoms with Crippen molar-refractivity contribution in [2.45, 2.75) is 13.5 Å². The molecule has 0 fully saturated rings. The normalized spacial score (nSPS) is 10.5. The minimum atomic E-state index is -1.09. The van der Waals surface area contributed by atoms with Crippen LogP contribution in [0.1, 0.15) is 21.9 Å². The van der Waals surface area contributed by atoms with Gasteiger partial charge in [0.05, 0.1) is 7.11 Å². The third-order valence-corrected chi connectivity index (χ3v) is 3.88. The summed E-state index contributed by atoms with van der Waals surface area (Å²) < 4.78 is 16.4. The van der Waals surface area contributed by atoms with E-state index in [1.165, 1.54) is 6.07 Å². The van der Waals surface area contributed by atoms with Crippen LogP contribution in [0.2, 0.25) is 0 Å². The van der Waals surface area contributed by atoms with Gasteiger partial charge >= 0.3 is 5.97 Å². The largest absolute Gasteiger partial charge is 0.496 e. The first-order chi connectivity index (χ1) is 12.1. The molecule has 128 valence electrons. The summed E-state index contributed by atoms with van der Waals surface area (Å²) >= 11 is 0. The van der Waals surface area contributed by atoms with Gasteiger partial charge in [0.1, 0.15) is 23.9 Å². The van der Waals surface area contributed by atoms with E-state index in [0.29, 0.717) is 22.8 Å². The molecule has 3 rings (SSSR count). The van der Waals surface area contributed by atoms with E-state index in [1.807, 2.05) is 48.5 Å². The van der Waals surface area contributed by atoms with Crippen molar-refractivity contribution in [2.75, 3.05) is 7.11 Å². The summed E-state index contributed by atoms with van der Waals surface area (Å²) in [5, 5.41) is 8.96. The van der Waals surface area contributed by atoms with E-state index in [4.69, 9.17) is 19.0 Å². The maximum absolute atomic E-state index is 10.9. The number of aryl methyl sites for hydroxylation is 1. The van der Waals surface area contributed by atoms with Gasteiger partial charge in [0.2, 0.25) is 5.76 Å². The molecule has 0 unspecified atom stereocenters. The zero-order chi connectivity index (χ0) is 17.8. The van der Waals surface area contributed by atoms with Crippen LogP contribution in [0.25, 0.3) is 11.1 Å². The summed E-state index contributed by atoms with van der Waals surface area (Å²) in [6.45, 7) is 1.93. The van der Waals surface area contributed by atoms with Gasteiger partial charge in [-0.2, -0.15) is 0 Å². The monoisotopic (exact) mass is 338 g/mol. The van der Waals surface area contributed by atoms with Crippen LogP contribution in [0.5, 0.6) is 11.5 Å². The highest BCUT2D eigenvalue weighted by molar-refractivity contribution is 5.84. The first-order valence-electron chi connectivity index (χ1n) is 7.77. The van der Waals surface area contributed by atoms with E-state index in [0.717, 1.165) is 11.1 Å². The van der Waals surface area contributed by atoms with Crippen molar-refractivity contribution in [3.63, 3.8) is 0 Å². The quantitative estimate of drug-likeness (QED) is 0.714. The first-order valence-corrected chi connectivity index (χ1v) is 7.77. The van der Waals surface area contributed by atoms with Crippen molar-refractivity contribution in [1.29, 1.82) is 0 Å². The van der Waals surface area contributed by atoms with Crippen LogP contribution in [0.3, 0.4) is 0 Å². The third-order valence-electron chi connectivity index (χ3n) is 3.88. The number of carboxylic acid groups (broad SMARTS) is 1. The maximum Gasteiger partial charge on any atom is 0.371 e. The molecule has 0 atom stereocenters. The van der Waals surface area contributed by atoms with Gasteiger partial charge in [0.25, 0.3) is 0 Å². The molecule has 25 heavy (non-hydrogen) atoms. The number of aromatic carboxylic acids is 1. The van der Waals surface area contributed by atoms with Gasteiger partial charge in [-0.05, 0) is 30.7 Å². The molecule has 0 aliphatic rings. The number of hydrogen-bond acceptors (Lipinski definition) is 4. The van der Waals surface area contributed by atoms with Gasteiger partial charge in [-0.1, -0.05) is 30.3 Å². The minimum Gasteiger partial charge on any atom is -0.496 e. The topological polar surface area (TPSA) is 68.9 Å². The lowest BCUT2D eigenvalue weighted by Crippen LogP contribution is -1.97. The van der Waals surface area contributed by atoms with Crippen LogP contribution in [0.4, 0.5) is 0 Å². The Kier molecular flexibility index (Phi) is 4.75. The molecule has 0 amide bonds. The summed E-state index contributed by atoms with van der Waals surface area (Å²) in [5.41, 5.74) is 2.73. The maximum atomic E-state index is 10.9. The standard InChI is InChI=1S/C20H18O5/c1-13-15(10-19(25-13)20(21)22)12-24-16-8-9-17(18(11-16)23-2)14-6-4-3-5-7-14/h3-11H,12H2,1-2H3,(H,21,22). The molecule has 0 spiro atoms. The fraction of sp³-hybridized carbons (Fsp3) is 0.150. The molecule has 1 N–H and O–H groups in total. The van der Waals surface area contributed by atoms with Gasteiger partial charge in [-0.15, -0.1) is 0 Å². The number of ether oxygens (including phenoxy) is 2. The Morgan fingerprint density at radius 2 is 1.88 bits per heavy atom. The Labute approximate surface area is 145 Å². The van der Waals surface area contributed by atoms with Crippen molar-refractivity contribution in [3.05, 3.63) is 71.7 Å². The molecule has 0 saturated carbocycles. The van der Waals surface area contributed by atoms with Crippen molar-refractivity contribution >= 4 is 5.97 Å². The predicted molar refractivity (Wildman–Crippen MR) is 93.2 cm³/mol. The summed E-state index contributed by atoms with van der Waals surface area (Å²) in [7, 11) is 1.62. The lowest BCUT2D eigenvalue weighted by Gasteiger charge is -2.12. The van der Waals surface area contributed by atoms with Gasteiger partial charge in [-0.25, -0.2) is 4.79 Å². The zero-order valence-electron chi connectivity index (χ0n) is 14.0. The number of carbonyl (C=O) groups is 1. The van der Waals surface area contributed by atoms with E-state index in [-0.39, 0.29) is 12.4 Å².